The lowest BCUT2D eigenvalue weighted by Gasteiger charge is -2.08. The number of para-hydroxylation sites is 1. The normalized spacial score (nSPS) is 10.8. The van der Waals surface area contributed by atoms with Gasteiger partial charge in [0.2, 0.25) is 0 Å². The Morgan fingerprint density at radius 2 is 1.72 bits per heavy atom. The van der Waals surface area contributed by atoms with Gasteiger partial charge in [-0.3, -0.25) is 0 Å². The number of rotatable bonds is 10. The summed E-state index contributed by atoms with van der Waals surface area (Å²) in [5, 5.41) is 3.29. The van der Waals surface area contributed by atoms with Crippen molar-refractivity contribution in [3.8, 4) is 5.75 Å². The standard InChI is InChI=1S/C15H25NO2/c1-14(2)8-11-17-12-9-16-10-13-18-15-6-4-3-5-7-15/h3-7,14,16H,8-13H2,1-2H3. The van der Waals surface area contributed by atoms with Crippen LogP contribution >= 0.6 is 0 Å². The first kappa shape index (κ1) is 15.0. The Bertz CT molecular complexity index is 288. The molecule has 3 nitrogen and oxygen atoms in total. The summed E-state index contributed by atoms with van der Waals surface area (Å²) in [6.07, 6.45) is 1.14. The molecule has 0 radical (unpaired) electrons. The lowest BCUT2D eigenvalue weighted by Crippen LogP contribution is -2.25. The van der Waals surface area contributed by atoms with Gasteiger partial charge in [0.15, 0.2) is 0 Å². The van der Waals surface area contributed by atoms with Crippen LogP contribution < -0.4 is 10.1 Å². The summed E-state index contributed by atoms with van der Waals surface area (Å²) in [6.45, 7) is 8.48. The van der Waals surface area contributed by atoms with Gasteiger partial charge in [0.1, 0.15) is 12.4 Å². The van der Waals surface area contributed by atoms with E-state index in [1.54, 1.807) is 0 Å². The molecule has 0 atom stereocenters. The third kappa shape index (κ3) is 8.09. The first-order chi connectivity index (χ1) is 8.79. The van der Waals surface area contributed by atoms with E-state index in [1.807, 2.05) is 30.3 Å². The van der Waals surface area contributed by atoms with Crippen molar-refractivity contribution in [1.29, 1.82) is 0 Å². The number of ether oxygens (including phenoxy) is 2. The van der Waals surface area contributed by atoms with E-state index >= 15 is 0 Å². The van der Waals surface area contributed by atoms with Crippen LogP contribution in [0.5, 0.6) is 5.75 Å². The van der Waals surface area contributed by atoms with E-state index in [1.165, 1.54) is 0 Å². The second-order valence-electron chi connectivity index (χ2n) is 4.71. The van der Waals surface area contributed by atoms with E-state index in [4.69, 9.17) is 9.47 Å². The van der Waals surface area contributed by atoms with E-state index in [0.29, 0.717) is 6.61 Å². The summed E-state index contributed by atoms with van der Waals surface area (Å²) in [5.74, 6) is 1.64. The van der Waals surface area contributed by atoms with Gasteiger partial charge in [-0.1, -0.05) is 32.0 Å². The van der Waals surface area contributed by atoms with Gasteiger partial charge in [0.25, 0.3) is 0 Å². The van der Waals surface area contributed by atoms with Crippen molar-refractivity contribution in [2.75, 3.05) is 32.9 Å². The predicted molar refractivity (Wildman–Crippen MR) is 75.1 cm³/mol. The molecule has 0 saturated heterocycles. The Hall–Kier alpha value is -1.06. The van der Waals surface area contributed by atoms with Gasteiger partial charge in [-0.2, -0.15) is 0 Å². The molecule has 0 aliphatic carbocycles. The molecular weight excluding hydrogens is 226 g/mol. The molecule has 1 aromatic rings. The summed E-state index contributed by atoms with van der Waals surface area (Å²) in [6, 6.07) is 9.88. The molecule has 18 heavy (non-hydrogen) atoms. The number of hydrogen-bond donors (Lipinski definition) is 1. The highest BCUT2D eigenvalue weighted by Crippen LogP contribution is 2.07. The Labute approximate surface area is 110 Å². The lowest BCUT2D eigenvalue weighted by atomic mass is 10.1. The highest BCUT2D eigenvalue weighted by atomic mass is 16.5. The van der Waals surface area contributed by atoms with Crippen LogP contribution in [-0.2, 0) is 4.74 Å². The van der Waals surface area contributed by atoms with Gasteiger partial charge in [-0.05, 0) is 24.5 Å². The van der Waals surface area contributed by atoms with Crippen molar-refractivity contribution >= 4 is 0 Å². The highest BCUT2D eigenvalue weighted by Gasteiger charge is 1.94. The SMILES string of the molecule is CC(C)CCOCCNCCOc1ccccc1. The van der Waals surface area contributed by atoms with Crippen LogP contribution in [0.4, 0.5) is 0 Å². The van der Waals surface area contributed by atoms with Crippen LogP contribution in [0.3, 0.4) is 0 Å². The molecule has 0 aliphatic heterocycles. The Morgan fingerprint density at radius 1 is 1.00 bits per heavy atom. The largest absolute Gasteiger partial charge is 0.492 e. The van der Waals surface area contributed by atoms with E-state index in [2.05, 4.69) is 19.2 Å². The second-order valence-corrected chi connectivity index (χ2v) is 4.71. The lowest BCUT2D eigenvalue weighted by molar-refractivity contribution is 0.124. The first-order valence-corrected chi connectivity index (χ1v) is 6.75. The molecule has 0 aliphatic rings. The summed E-state index contributed by atoms with van der Waals surface area (Å²) in [5.41, 5.74) is 0. The van der Waals surface area contributed by atoms with Crippen LogP contribution in [-0.4, -0.2) is 32.9 Å². The Kier molecular flexibility index (Phi) is 8.26. The van der Waals surface area contributed by atoms with Gasteiger partial charge in [-0.25, -0.2) is 0 Å². The summed E-state index contributed by atoms with van der Waals surface area (Å²) in [7, 11) is 0. The second kappa shape index (κ2) is 9.92. The molecule has 1 N–H and O–H groups in total. The number of benzene rings is 1. The molecule has 0 amide bonds. The molecule has 0 saturated carbocycles. The zero-order valence-electron chi connectivity index (χ0n) is 11.5. The fourth-order valence-corrected chi connectivity index (χ4v) is 1.45. The minimum Gasteiger partial charge on any atom is -0.492 e. The van der Waals surface area contributed by atoms with Gasteiger partial charge in [0.05, 0.1) is 6.61 Å². The molecule has 0 spiro atoms. The smallest absolute Gasteiger partial charge is 0.119 e. The minimum atomic E-state index is 0.690. The molecule has 3 heteroatoms. The molecule has 0 aromatic heterocycles. The Balaban J connectivity index is 1.84. The Morgan fingerprint density at radius 3 is 2.44 bits per heavy atom. The average Bonchev–Trinajstić information content (AvgIpc) is 2.37. The first-order valence-electron chi connectivity index (χ1n) is 6.75. The third-order valence-corrected chi connectivity index (χ3v) is 2.55. The van der Waals surface area contributed by atoms with E-state index in [9.17, 15) is 0 Å². The molecule has 102 valence electrons. The van der Waals surface area contributed by atoms with Crippen LogP contribution in [0.15, 0.2) is 30.3 Å². The molecule has 0 unspecified atom stereocenters. The predicted octanol–water partition coefficient (Wildman–Crippen LogP) is 2.72. The van der Waals surface area contributed by atoms with Crippen LogP contribution in [0.1, 0.15) is 20.3 Å². The summed E-state index contributed by atoms with van der Waals surface area (Å²) >= 11 is 0. The molecule has 1 aromatic carbocycles. The van der Waals surface area contributed by atoms with E-state index in [-0.39, 0.29) is 0 Å². The molecule has 0 bridgehead atoms. The zero-order chi connectivity index (χ0) is 13.1. The van der Waals surface area contributed by atoms with E-state index in [0.717, 1.165) is 44.4 Å². The van der Waals surface area contributed by atoms with Gasteiger partial charge < -0.3 is 14.8 Å². The van der Waals surface area contributed by atoms with Crippen molar-refractivity contribution in [2.45, 2.75) is 20.3 Å². The number of hydrogen-bond acceptors (Lipinski definition) is 3. The molecule has 0 heterocycles. The minimum absolute atomic E-state index is 0.690. The molecular formula is C15H25NO2. The summed E-state index contributed by atoms with van der Waals surface area (Å²) < 4.78 is 11.1. The third-order valence-electron chi connectivity index (χ3n) is 2.55. The van der Waals surface area contributed by atoms with Crippen molar-refractivity contribution in [3.63, 3.8) is 0 Å². The van der Waals surface area contributed by atoms with Crippen molar-refractivity contribution in [3.05, 3.63) is 30.3 Å². The fourth-order valence-electron chi connectivity index (χ4n) is 1.45. The highest BCUT2D eigenvalue weighted by molar-refractivity contribution is 5.20. The van der Waals surface area contributed by atoms with Crippen molar-refractivity contribution < 1.29 is 9.47 Å². The van der Waals surface area contributed by atoms with Crippen molar-refractivity contribution in [2.24, 2.45) is 5.92 Å². The fraction of sp³-hybridized carbons (Fsp3) is 0.600. The molecule has 1 rings (SSSR count). The van der Waals surface area contributed by atoms with Crippen LogP contribution in [0.25, 0.3) is 0 Å². The maximum Gasteiger partial charge on any atom is 0.119 e. The van der Waals surface area contributed by atoms with Crippen molar-refractivity contribution in [1.82, 2.24) is 5.32 Å². The quantitative estimate of drug-likeness (QED) is 0.649. The maximum absolute atomic E-state index is 5.56. The average molecular weight is 251 g/mol. The topological polar surface area (TPSA) is 30.5 Å². The zero-order valence-corrected chi connectivity index (χ0v) is 11.5. The van der Waals surface area contributed by atoms with E-state index < -0.39 is 0 Å². The monoisotopic (exact) mass is 251 g/mol. The number of nitrogens with one attached hydrogen (secondary N) is 1. The summed E-state index contributed by atoms with van der Waals surface area (Å²) in [4.78, 5) is 0. The molecule has 0 fully saturated rings. The van der Waals surface area contributed by atoms with Crippen LogP contribution in [0, 0.1) is 5.92 Å². The van der Waals surface area contributed by atoms with Crippen LogP contribution in [0.2, 0.25) is 0 Å². The van der Waals surface area contributed by atoms with Gasteiger partial charge >= 0.3 is 0 Å². The van der Waals surface area contributed by atoms with Gasteiger partial charge in [-0.15, -0.1) is 0 Å². The maximum atomic E-state index is 5.56. The van der Waals surface area contributed by atoms with Gasteiger partial charge in [0, 0.05) is 19.7 Å².